The SMILES string of the molecule is Cn1cnnc1SC[C@@H]1C[C@H](c2ccc(CO)cc2)O[C@H](c2ccc(NC(=O)CCCC(=O)NO)cc2)O1. The zero-order chi connectivity index (χ0) is 26.9. The fraction of sp³-hybridized carbons (Fsp3) is 0.385. The minimum atomic E-state index is -0.613. The number of nitrogens with zero attached hydrogens (tertiary/aromatic N) is 3. The molecule has 4 N–H and O–H groups in total. The summed E-state index contributed by atoms with van der Waals surface area (Å²) in [6.45, 7) is -0.0185. The Morgan fingerprint density at radius 3 is 2.42 bits per heavy atom. The van der Waals surface area contributed by atoms with E-state index in [0.717, 1.165) is 21.8 Å². The van der Waals surface area contributed by atoms with Crippen molar-refractivity contribution in [3.8, 4) is 0 Å². The summed E-state index contributed by atoms with van der Waals surface area (Å²) in [5.74, 6) is -0.0773. The van der Waals surface area contributed by atoms with Gasteiger partial charge < -0.3 is 24.5 Å². The lowest BCUT2D eigenvalue weighted by atomic mass is 10.0. The van der Waals surface area contributed by atoms with Gasteiger partial charge in [-0.2, -0.15) is 0 Å². The van der Waals surface area contributed by atoms with Crippen molar-refractivity contribution in [3.63, 3.8) is 0 Å². The number of hydrogen-bond acceptors (Lipinski definition) is 9. The molecule has 202 valence electrons. The molecule has 4 rings (SSSR count). The number of hydroxylamine groups is 1. The van der Waals surface area contributed by atoms with Crippen LogP contribution in [0.4, 0.5) is 5.69 Å². The summed E-state index contributed by atoms with van der Waals surface area (Å²) in [6, 6.07) is 15.0. The van der Waals surface area contributed by atoms with E-state index in [9.17, 15) is 14.7 Å². The van der Waals surface area contributed by atoms with E-state index in [0.29, 0.717) is 24.3 Å². The van der Waals surface area contributed by atoms with Gasteiger partial charge in [-0.1, -0.05) is 48.2 Å². The maximum Gasteiger partial charge on any atom is 0.243 e. The number of ether oxygens (including phenoxy) is 2. The number of rotatable bonds is 11. The zero-order valence-corrected chi connectivity index (χ0v) is 21.8. The first-order valence-electron chi connectivity index (χ1n) is 12.3. The molecule has 0 unspecified atom stereocenters. The highest BCUT2D eigenvalue weighted by Gasteiger charge is 2.32. The lowest BCUT2D eigenvalue weighted by Crippen LogP contribution is -2.31. The number of aliphatic hydroxyl groups is 1. The van der Waals surface area contributed by atoms with Gasteiger partial charge in [0.05, 0.1) is 18.8 Å². The summed E-state index contributed by atoms with van der Waals surface area (Å²) >= 11 is 1.57. The Morgan fingerprint density at radius 2 is 1.76 bits per heavy atom. The van der Waals surface area contributed by atoms with Crippen LogP contribution in [-0.4, -0.2) is 48.7 Å². The maximum absolute atomic E-state index is 12.2. The summed E-state index contributed by atoms with van der Waals surface area (Å²) in [7, 11) is 1.90. The van der Waals surface area contributed by atoms with E-state index < -0.39 is 12.2 Å². The van der Waals surface area contributed by atoms with Crippen molar-refractivity contribution in [2.75, 3.05) is 11.1 Å². The molecule has 1 aliphatic rings. The van der Waals surface area contributed by atoms with Gasteiger partial charge in [-0.25, -0.2) is 5.48 Å². The van der Waals surface area contributed by atoms with Gasteiger partial charge in [0, 0.05) is 43.3 Å². The molecule has 1 saturated heterocycles. The number of benzene rings is 2. The summed E-state index contributed by atoms with van der Waals surface area (Å²) in [6.07, 6.45) is 1.93. The fourth-order valence-corrected chi connectivity index (χ4v) is 4.91. The van der Waals surface area contributed by atoms with Crippen molar-refractivity contribution in [1.82, 2.24) is 20.2 Å². The quantitative estimate of drug-likeness (QED) is 0.163. The molecule has 0 saturated carbocycles. The van der Waals surface area contributed by atoms with Crippen LogP contribution in [0.5, 0.6) is 0 Å². The maximum atomic E-state index is 12.2. The number of amides is 2. The number of hydrogen-bond donors (Lipinski definition) is 4. The number of carbonyl (C=O) groups excluding carboxylic acids is 2. The van der Waals surface area contributed by atoms with Crippen molar-refractivity contribution in [2.24, 2.45) is 7.05 Å². The number of aromatic nitrogens is 3. The Kier molecular flexibility index (Phi) is 9.85. The number of aryl methyl sites for hydroxylation is 1. The smallest absolute Gasteiger partial charge is 0.243 e. The predicted molar refractivity (Wildman–Crippen MR) is 139 cm³/mol. The summed E-state index contributed by atoms with van der Waals surface area (Å²) in [5.41, 5.74) is 4.82. The Hall–Kier alpha value is -3.29. The van der Waals surface area contributed by atoms with Gasteiger partial charge in [0.2, 0.25) is 11.8 Å². The van der Waals surface area contributed by atoms with Gasteiger partial charge in [-0.15, -0.1) is 10.2 Å². The molecule has 1 aromatic heterocycles. The van der Waals surface area contributed by atoms with Crippen molar-refractivity contribution < 1.29 is 29.4 Å². The van der Waals surface area contributed by atoms with E-state index in [-0.39, 0.29) is 37.6 Å². The minimum absolute atomic E-state index is 0.0185. The Balaban J connectivity index is 1.42. The van der Waals surface area contributed by atoms with Crippen molar-refractivity contribution >= 4 is 29.3 Å². The first-order valence-corrected chi connectivity index (χ1v) is 13.2. The molecule has 38 heavy (non-hydrogen) atoms. The van der Waals surface area contributed by atoms with Crippen LogP contribution in [0.1, 0.15) is 54.8 Å². The fourth-order valence-electron chi connectivity index (χ4n) is 4.01. The van der Waals surface area contributed by atoms with Gasteiger partial charge >= 0.3 is 0 Å². The second-order valence-electron chi connectivity index (χ2n) is 8.94. The van der Waals surface area contributed by atoms with Crippen LogP contribution in [0.2, 0.25) is 0 Å². The van der Waals surface area contributed by atoms with E-state index in [2.05, 4.69) is 15.5 Å². The molecular formula is C26H31N5O6S. The molecular weight excluding hydrogens is 510 g/mol. The van der Waals surface area contributed by atoms with Crippen LogP contribution in [0, 0.1) is 0 Å². The average molecular weight is 542 g/mol. The molecule has 2 heterocycles. The number of thioether (sulfide) groups is 1. The molecule has 3 atom stereocenters. The van der Waals surface area contributed by atoms with Gasteiger partial charge in [0.25, 0.3) is 0 Å². The van der Waals surface area contributed by atoms with E-state index in [4.69, 9.17) is 14.7 Å². The van der Waals surface area contributed by atoms with Crippen molar-refractivity contribution in [1.29, 1.82) is 0 Å². The molecule has 0 aliphatic carbocycles. The van der Waals surface area contributed by atoms with Gasteiger partial charge in [0.1, 0.15) is 6.33 Å². The summed E-state index contributed by atoms with van der Waals surface area (Å²) in [5, 5.41) is 29.6. The minimum Gasteiger partial charge on any atom is -0.392 e. The normalized spacial score (nSPS) is 19.2. The Bertz CT molecular complexity index is 1200. The molecule has 0 bridgehead atoms. The molecule has 3 aromatic rings. The van der Waals surface area contributed by atoms with E-state index in [1.54, 1.807) is 35.7 Å². The van der Waals surface area contributed by atoms with Crippen molar-refractivity contribution in [3.05, 3.63) is 71.5 Å². The standard InChI is InChI=1S/C26H31N5O6S/c1-31-16-27-29-26(31)38-15-21-13-22(18-7-5-17(14-32)6-8-18)37-25(36-21)19-9-11-20(12-10-19)28-23(33)3-2-4-24(34)30-35/h5-12,16,21-22,25,32,35H,2-4,13-15H2,1H3,(H,28,33)(H,30,34)/t21-,22+,25+/m0/s1. The second kappa shape index (κ2) is 13.5. The highest BCUT2D eigenvalue weighted by atomic mass is 32.2. The number of carbonyl (C=O) groups is 2. The molecule has 11 nitrogen and oxygen atoms in total. The number of nitrogens with one attached hydrogen (secondary N) is 2. The topological polar surface area (TPSA) is 148 Å². The third kappa shape index (κ3) is 7.62. The van der Waals surface area contributed by atoms with Crippen LogP contribution in [-0.2, 0) is 32.7 Å². The molecule has 2 amide bonds. The summed E-state index contributed by atoms with van der Waals surface area (Å²) < 4.78 is 14.5. The number of anilines is 1. The zero-order valence-electron chi connectivity index (χ0n) is 20.9. The first-order chi connectivity index (χ1) is 18.4. The van der Waals surface area contributed by atoms with Crippen LogP contribution in [0.15, 0.2) is 60.0 Å². The average Bonchev–Trinajstić information content (AvgIpc) is 3.36. The molecule has 1 aliphatic heterocycles. The van der Waals surface area contributed by atoms with Crippen LogP contribution in [0.25, 0.3) is 0 Å². The molecule has 0 spiro atoms. The Labute approximate surface area is 224 Å². The van der Waals surface area contributed by atoms with Crippen molar-refractivity contribution in [2.45, 2.75) is 55.9 Å². The van der Waals surface area contributed by atoms with E-state index >= 15 is 0 Å². The first kappa shape index (κ1) is 27.7. The Morgan fingerprint density at radius 1 is 1.05 bits per heavy atom. The third-order valence-corrected chi connectivity index (χ3v) is 7.25. The van der Waals surface area contributed by atoms with Gasteiger partial charge in [-0.05, 0) is 29.7 Å². The summed E-state index contributed by atoms with van der Waals surface area (Å²) in [4.78, 5) is 23.3. The van der Waals surface area contributed by atoms with Crippen LogP contribution < -0.4 is 10.8 Å². The molecule has 12 heteroatoms. The lowest BCUT2D eigenvalue weighted by molar-refractivity contribution is -0.245. The highest BCUT2D eigenvalue weighted by Crippen LogP contribution is 2.39. The third-order valence-electron chi connectivity index (χ3n) is 6.08. The molecule has 1 fully saturated rings. The predicted octanol–water partition coefficient (Wildman–Crippen LogP) is 3.26. The van der Waals surface area contributed by atoms with E-state index in [1.165, 1.54) is 0 Å². The van der Waals surface area contributed by atoms with Gasteiger partial charge in [0.15, 0.2) is 11.4 Å². The largest absolute Gasteiger partial charge is 0.392 e. The highest BCUT2D eigenvalue weighted by molar-refractivity contribution is 7.99. The molecule has 0 radical (unpaired) electrons. The second-order valence-corrected chi connectivity index (χ2v) is 9.93. The van der Waals surface area contributed by atoms with Crippen LogP contribution >= 0.6 is 11.8 Å². The van der Waals surface area contributed by atoms with Crippen LogP contribution in [0.3, 0.4) is 0 Å². The van der Waals surface area contributed by atoms with E-state index in [1.807, 2.05) is 48.0 Å². The monoisotopic (exact) mass is 541 g/mol. The molecule has 2 aromatic carbocycles. The lowest BCUT2D eigenvalue weighted by Gasteiger charge is -2.36. The number of aliphatic hydroxyl groups excluding tert-OH is 1. The van der Waals surface area contributed by atoms with Gasteiger partial charge in [-0.3, -0.25) is 14.8 Å².